The maximum Gasteiger partial charge on any atom is 0.264 e. The van der Waals surface area contributed by atoms with E-state index in [4.69, 9.17) is 0 Å². The minimum atomic E-state index is -3.81. The van der Waals surface area contributed by atoms with Gasteiger partial charge in [-0.1, -0.05) is 6.07 Å². The predicted molar refractivity (Wildman–Crippen MR) is 81.7 cm³/mol. The van der Waals surface area contributed by atoms with Gasteiger partial charge in [-0.25, -0.2) is 18.1 Å². The van der Waals surface area contributed by atoms with Crippen LogP contribution in [0, 0.1) is 13.8 Å². The molecule has 1 N–H and O–H groups in total. The number of aromatic nitrogens is 1. The molecule has 7 heteroatoms. The summed E-state index contributed by atoms with van der Waals surface area (Å²) in [4.78, 5) is 15.9. The Balaban J connectivity index is 2.02. The quantitative estimate of drug-likeness (QED) is 0.915. The lowest BCUT2D eigenvalue weighted by molar-refractivity contribution is -0.119. The number of nitrogens with zero attached hydrogens (tertiary/aromatic N) is 1. The van der Waals surface area contributed by atoms with Crippen molar-refractivity contribution in [3.8, 4) is 0 Å². The van der Waals surface area contributed by atoms with Crippen LogP contribution in [-0.4, -0.2) is 19.3 Å². The van der Waals surface area contributed by atoms with E-state index in [9.17, 15) is 13.2 Å². The summed E-state index contributed by atoms with van der Waals surface area (Å²) in [5, 5.41) is 1.84. The molecule has 112 valence electrons. The van der Waals surface area contributed by atoms with Crippen molar-refractivity contribution in [2.45, 2.75) is 31.6 Å². The zero-order valence-corrected chi connectivity index (χ0v) is 13.4. The third-order valence-electron chi connectivity index (χ3n) is 3.13. The number of carbonyl (C=O) groups excluding carboxylic acids is 1. The minimum Gasteiger partial charge on any atom is -0.274 e. The molecule has 0 aliphatic rings. The summed E-state index contributed by atoms with van der Waals surface area (Å²) >= 11 is 1.44. The largest absolute Gasteiger partial charge is 0.274 e. The topological polar surface area (TPSA) is 76.1 Å². The van der Waals surface area contributed by atoms with Crippen molar-refractivity contribution < 1.29 is 13.2 Å². The minimum absolute atomic E-state index is 0.0911. The third kappa shape index (κ3) is 4.12. The van der Waals surface area contributed by atoms with Crippen molar-refractivity contribution in [2.24, 2.45) is 0 Å². The molecular weight excluding hydrogens is 308 g/mol. The first kappa shape index (κ1) is 15.7. The molecule has 0 saturated carbocycles. The van der Waals surface area contributed by atoms with E-state index in [1.54, 1.807) is 17.6 Å². The Labute approximate surface area is 128 Å². The molecule has 0 bridgehead atoms. The van der Waals surface area contributed by atoms with Crippen LogP contribution in [0.2, 0.25) is 0 Å². The van der Waals surface area contributed by atoms with E-state index in [1.807, 2.05) is 19.2 Å². The summed E-state index contributed by atoms with van der Waals surface area (Å²) in [5.74, 6) is -0.527. The highest BCUT2D eigenvalue weighted by atomic mass is 32.2. The number of rotatable bonds is 5. The van der Waals surface area contributed by atoms with Crippen LogP contribution in [-0.2, 0) is 21.2 Å². The highest BCUT2D eigenvalue weighted by Gasteiger charge is 2.18. The maximum atomic E-state index is 12.1. The van der Waals surface area contributed by atoms with Crippen LogP contribution in [0.3, 0.4) is 0 Å². The van der Waals surface area contributed by atoms with E-state index >= 15 is 0 Å². The summed E-state index contributed by atoms with van der Waals surface area (Å²) < 4.78 is 26.3. The zero-order chi connectivity index (χ0) is 15.5. The first-order valence-electron chi connectivity index (χ1n) is 6.38. The molecule has 2 rings (SSSR count). The lowest BCUT2D eigenvalue weighted by Crippen LogP contribution is -2.30. The van der Waals surface area contributed by atoms with Gasteiger partial charge in [0.25, 0.3) is 10.0 Å². The highest BCUT2D eigenvalue weighted by molar-refractivity contribution is 7.90. The summed E-state index contributed by atoms with van der Waals surface area (Å²) in [6.45, 7) is 3.73. The maximum absolute atomic E-state index is 12.1. The molecule has 0 aliphatic carbocycles. The predicted octanol–water partition coefficient (Wildman–Crippen LogP) is 2.20. The average molecular weight is 324 g/mol. The van der Waals surface area contributed by atoms with E-state index in [1.165, 1.54) is 17.4 Å². The second-order valence-electron chi connectivity index (χ2n) is 4.75. The van der Waals surface area contributed by atoms with Gasteiger partial charge in [-0.15, -0.1) is 11.3 Å². The SMILES string of the molecule is Cc1ccc(S(=O)(=O)NC(=O)CCc2cscn2)cc1C. The standard InChI is InChI=1S/C14H16N2O3S2/c1-10-3-5-13(7-11(10)2)21(18,19)16-14(17)6-4-12-8-20-9-15-12/h3,5,7-9H,4,6H2,1-2H3,(H,16,17). The molecule has 1 heterocycles. The van der Waals surface area contributed by atoms with Crippen LogP contribution in [0.25, 0.3) is 0 Å². The van der Waals surface area contributed by atoms with Crippen molar-refractivity contribution in [1.82, 2.24) is 9.71 Å². The van der Waals surface area contributed by atoms with Gasteiger partial charge in [0, 0.05) is 11.8 Å². The molecule has 21 heavy (non-hydrogen) atoms. The Kier molecular flexibility index (Phi) is 4.74. The van der Waals surface area contributed by atoms with Gasteiger partial charge in [-0.05, 0) is 43.5 Å². The third-order valence-corrected chi connectivity index (χ3v) is 5.13. The van der Waals surface area contributed by atoms with Crippen LogP contribution in [0.4, 0.5) is 0 Å². The molecule has 0 spiro atoms. The van der Waals surface area contributed by atoms with Crippen LogP contribution in [0.1, 0.15) is 23.2 Å². The van der Waals surface area contributed by atoms with Crippen LogP contribution < -0.4 is 4.72 Å². The lowest BCUT2D eigenvalue weighted by atomic mass is 10.1. The normalized spacial score (nSPS) is 11.3. The molecule has 0 radical (unpaired) electrons. The first-order chi connectivity index (χ1) is 9.88. The van der Waals surface area contributed by atoms with E-state index in [0.29, 0.717) is 6.42 Å². The molecule has 0 aliphatic heterocycles. The summed E-state index contributed by atoms with van der Waals surface area (Å²) in [6, 6.07) is 4.79. The van der Waals surface area contributed by atoms with Crippen molar-refractivity contribution in [2.75, 3.05) is 0 Å². The van der Waals surface area contributed by atoms with Crippen molar-refractivity contribution in [1.29, 1.82) is 0 Å². The van der Waals surface area contributed by atoms with Gasteiger partial charge >= 0.3 is 0 Å². The van der Waals surface area contributed by atoms with E-state index in [0.717, 1.165) is 16.8 Å². The highest BCUT2D eigenvalue weighted by Crippen LogP contribution is 2.14. The van der Waals surface area contributed by atoms with Gasteiger partial charge in [-0.2, -0.15) is 0 Å². The number of sulfonamides is 1. The van der Waals surface area contributed by atoms with Gasteiger partial charge in [0.15, 0.2) is 0 Å². The van der Waals surface area contributed by atoms with Gasteiger partial charge < -0.3 is 0 Å². The fraction of sp³-hybridized carbons (Fsp3) is 0.286. The van der Waals surface area contributed by atoms with Crippen molar-refractivity contribution in [3.05, 3.63) is 45.9 Å². The number of aryl methyl sites for hydroxylation is 3. The molecule has 1 amide bonds. The number of amides is 1. The summed E-state index contributed by atoms with van der Waals surface area (Å²) in [6.07, 6.45) is 0.519. The number of hydrogen-bond acceptors (Lipinski definition) is 5. The molecule has 0 fully saturated rings. The van der Waals surface area contributed by atoms with Crippen LogP contribution >= 0.6 is 11.3 Å². The Morgan fingerprint density at radius 1 is 1.29 bits per heavy atom. The average Bonchev–Trinajstić information content (AvgIpc) is 2.92. The molecule has 1 aromatic carbocycles. The summed E-state index contributed by atoms with van der Waals surface area (Å²) in [7, 11) is -3.81. The Bertz CT molecular complexity index is 738. The fourth-order valence-electron chi connectivity index (χ4n) is 1.74. The van der Waals surface area contributed by atoms with Crippen LogP contribution in [0.15, 0.2) is 34.0 Å². The first-order valence-corrected chi connectivity index (χ1v) is 8.81. The lowest BCUT2D eigenvalue weighted by Gasteiger charge is -2.08. The van der Waals surface area contributed by atoms with Gasteiger partial charge in [0.2, 0.25) is 5.91 Å². The van der Waals surface area contributed by atoms with Gasteiger partial charge in [-0.3, -0.25) is 4.79 Å². The van der Waals surface area contributed by atoms with E-state index in [2.05, 4.69) is 9.71 Å². The molecule has 5 nitrogen and oxygen atoms in total. The van der Waals surface area contributed by atoms with E-state index < -0.39 is 15.9 Å². The smallest absolute Gasteiger partial charge is 0.264 e. The number of benzene rings is 1. The molecular formula is C14H16N2O3S2. The molecule has 0 saturated heterocycles. The molecule has 1 aromatic heterocycles. The monoisotopic (exact) mass is 324 g/mol. The second-order valence-corrected chi connectivity index (χ2v) is 7.16. The second kappa shape index (κ2) is 6.36. The fourth-order valence-corrected chi connectivity index (χ4v) is 3.44. The Morgan fingerprint density at radius 2 is 2.05 bits per heavy atom. The van der Waals surface area contributed by atoms with E-state index in [-0.39, 0.29) is 11.3 Å². The molecule has 0 unspecified atom stereocenters. The number of hydrogen-bond donors (Lipinski definition) is 1. The number of nitrogens with one attached hydrogen (secondary N) is 1. The van der Waals surface area contributed by atoms with Crippen molar-refractivity contribution in [3.63, 3.8) is 0 Å². The van der Waals surface area contributed by atoms with Gasteiger partial charge in [0.1, 0.15) is 0 Å². The zero-order valence-electron chi connectivity index (χ0n) is 11.8. The Hall–Kier alpha value is -1.73. The van der Waals surface area contributed by atoms with Crippen molar-refractivity contribution >= 4 is 27.3 Å². The van der Waals surface area contributed by atoms with Crippen LogP contribution in [0.5, 0.6) is 0 Å². The molecule has 0 atom stereocenters. The molecule has 2 aromatic rings. The van der Waals surface area contributed by atoms with Gasteiger partial charge in [0.05, 0.1) is 16.1 Å². The number of thiazole rings is 1. The Morgan fingerprint density at radius 3 is 2.67 bits per heavy atom. The summed E-state index contributed by atoms with van der Waals surface area (Å²) in [5.41, 5.74) is 4.34. The number of carbonyl (C=O) groups is 1.